The summed E-state index contributed by atoms with van der Waals surface area (Å²) in [5.74, 6) is 3.59. The predicted molar refractivity (Wildman–Crippen MR) is 94.7 cm³/mol. The molecular formula is C17H25NOS2. The third-order valence-corrected chi connectivity index (χ3v) is 7.55. The molecule has 2 nitrogen and oxygen atoms in total. The van der Waals surface area contributed by atoms with Gasteiger partial charge in [-0.25, -0.2) is 0 Å². The van der Waals surface area contributed by atoms with Gasteiger partial charge >= 0.3 is 0 Å². The number of hydrogen-bond acceptors (Lipinski definition) is 4. The molecule has 1 saturated carbocycles. The first-order valence-corrected chi connectivity index (χ1v) is 10.1. The van der Waals surface area contributed by atoms with Crippen LogP contribution in [-0.4, -0.2) is 35.2 Å². The Hall–Kier alpha value is -0.320. The van der Waals surface area contributed by atoms with Crippen molar-refractivity contribution in [3.8, 4) is 5.75 Å². The number of rotatable bonds is 6. The maximum absolute atomic E-state index is 5.85. The van der Waals surface area contributed by atoms with Crippen LogP contribution < -0.4 is 10.1 Å². The summed E-state index contributed by atoms with van der Waals surface area (Å²) in [6.45, 7) is 2.32. The zero-order valence-corrected chi connectivity index (χ0v) is 14.5. The second kappa shape index (κ2) is 7.30. The van der Waals surface area contributed by atoms with Crippen molar-refractivity contribution in [2.24, 2.45) is 0 Å². The first kappa shape index (κ1) is 15.6. The van der Waals surface area contributed by atoms with E-state index in [2.05, 4.69) is 67.1 Å². The molecule has 116 valence electrons. The highest BCUT2D eigenvalue weighted by molar-refractivity contribution is 8.07. The molecule has 1 heterocycles. The van der Waals surface area contributed by atoms with Gasteiger partial charge in [0.05, 0.1) is 6.10 Å². The Morgan fingerprint density at radius 3 is 2.52 bits per heavy atom. The van der Waals surface area contributed by atoms with Gasteiger partial charge in [-0.2, -0.15) is 23.5 Å². The quantitative estimate of drug-likeness (QED) is 0.850. The van der Waals surface area contributed by atoms with Gasteiger partial charge in [0.25, 0.3) is 0 Å². The Morgan fingerprint density at radius 1 is 1.19 bits per heavy atom. The first-order chi connectivity index (χ1) is 10.3. The summed E-state index contributed by atoms with van der Waals surface area (Å²) >= 11 is 4.28. The van der Waals surface area contributed by atoms with Crippen molar-refractivity contribution >= 4 is 23.5 Å². The van der Waals surface area contributed by atoms with Crippen LogP contribution in [0.15, 0.2) is 24.3 Å². The summed E-state index contributed by atoms with van der Waals surface area (Å²) in [6, 6.07) is 9.19. The molecule has 3 atom stereocenters. The van der Waals surface area contributed by atoms with Gasteiger partial charge in [0, 0.05) is 28.0 Å². The minimum atomic E-state index is 0.433. The van der Waals surface area contributed by atoms with Crippen LogP contribution in [0.1, 0.15) is 37.8 Å². The Labute approximate surface area is 136 Å². The number of thioether (sulfide) groups is 2. The van der Waals surface area contributed by atoms with Gasteiger partial charge in [0.15, 0.2) is 0 Å². The summed E-state index contributed by atoms with van der Waals surface area (Å²) in [5, 5.41) is 4.96. The highest BCUT2D eigenvalue weighted by Crippen LogP contribution is 2.40. The van der Waals surface area contributed by atoms with E-state index in [1.807, 2.05) is 0 Å². The third kappa shape index (κ3) is 3.91. The molecule has 1 N–H and O–H groups in total. The highest BCUT2D eigenvalue weighted by Gasteiger charge is 2.32. The highest BCUT2D eigenvalue weighted by atomic mass is 32.2. The lowest BCUT2D eigenvalue weighted by Crippen LogP contribution is -2.37. The molecule has 1 saturated heterocycles. The summed E-state index contributed by atoms with van der Waals surface area (Å²) in [6.07, 6.45) is 4.17. The number of hydrogen-bond donors (Lipinski definition) is 1. The van der Waals surface area contributed by atoms with Crippen LogP contribution in [0.4, 0.5) is 0 Å². The smallest absolute Gasteiger partial charge is 0.119 e. The summed E-state index contributed by atoms with van der Waals surface area (Å²) in [7, 11) is 2.09. The van der Waals surface area contributed by atoms with E-state index in [0.29, 0.717) is 17.4 Å². The number of ether oxygens (including phenoxy) is 1. The van der Waals surface area contributed by atoms with E-state index < -0.39 is 0 Å². The van der Waals surface area contributed by atoms with E-state index in [0.717, 1.165) is 11.0 Å². The average Bonchev–Trinajstić information content (AvgIpc) is 3.34. The second-order valence-electron chi connectivity index (χ2n) is 5.81. The van der Waals surface area contributed by atoms with Crippen LogP contribution in [0.2, 0.25) is 0 Å². The van der Waals surface area contributed by atoms with Gasteiger partial charge in [0.2, 0.25) is 0 Å². The van der Waals surface area contributed by atoms with E-state index in [1.165, 1.54) is 36.3 Å². The topological polar surface area (TPSA) is 21.3 Å². The standard InChI is InChI=1S/C17H25NOS2/c1-3-15-17(21-11-10-20-15)16(18-2)12-4-6-13(7-5-12)19-14-8-9-14/h4-7,14-18H,3,8-11H2,1-2H3. The Morgan fingerprint density at radius 2 is 1.90 bits per heavy atom. The average molecular weight is 324 g/mol. The zero-order chi connectivity index (χ0) is 14.7. The predicted octanol–water partition coefficient (Wildman–Crippen LogP) is 4.12. The minimum absolute atomic E-state index is 0.433. The summed E-state index contributed by atoms with van der Waals surface area (Å²) < 4.78 is 5.85. The van der Waals surface area contributed by atoms with Crippen molar-refractivity contribution in [1.82, 2.24) is 5.32 Å². The summed E-state index contributed by atoms with van der Waals surface area (Å²) in [5.41, 5.74) is 1.39. The van der Waals surface area contributed by atoms with Crippen LogP contribution in [0.25, 0.3) is 0 Å². The molecule has 0 spiro atoms. The van der Waals surface area contributed by atoms with Crippen molar-refractivity contribution in [3.63, 3.8) is 0 Å². The molecule has 0 aromatic heterocycles. The van der Waals surface area contributed by atoms with E-state index >= 15 is 0 Å². The fraction of sp³-hybridized carbons (Fsp3) is 0.647. The lowest BCUT2D eigenvalue weighted by Gasteiger charge is -2.36. The molecule has 4 heteroatoms. The second-order valence-corrected chi connectivity index (χ2v) is 8.44. The van der Waals surface area contributed by atoms with Crippen LogP contribution in [0.3, 0.4) is 0 Å². The third-order valence-electron chi connectivity index (χ3n) is 4.20. The number of nitrogens with one attached hydrogen (secondary N) is 1. The van der Waals surface area contributed by atoms with Gasteiger partial charge in [-0.3, -0.25) is 0 Å². The van der Waals surface area contributed by atoms with Crippen LogP contribution in [0, 0.1) is 0 Å². The van der Waals surface area contributed by atoms with E-state index in [4.69, 9.17) is 4.74 Å². The Bertz CT molecular complexity index is 447. The molecule has 2 fully saturated rings. The van der Waals surface area contributed by atoms with E-state index in [1.54, 1.807) is 0 Å². The SMILES string of the molecule is CCC1SCCSC1C(NC)c1ccc(OC2CC2)cc1. The summed E-state index contributed by atoms with van der Waals surface area (Å²) in [4.78, 5) is 0. The van der Waals surface area contributed by atoms with Crippen molar-refractivity contribution in [2.75, 3.05) is 18.6 Å². The Balaban J connectivity index is 1.71. The first-order valence-electron chi connectivity index (χ1n) is 7.99. The van der Waals surface area contributed by atoms with Crippen molar-refractivity contribution < 1.29 is 4.74 Å². The molecule has 1 aliphatic heterocycles. The molecule has 0 radical (unpaired) electrons. The van der Waals surface area contributed by atoms with Crippen molar-refractivity contribution in [3.05, 3.63) is 29.8 Å². The van der Waals surface area contributed by atoms with Crippen LogP contribution in [-0.2, 0) is 0 Å². The van der Waals surface area contributed by atoms with Crippen molar-refractivity contribution in [1.29, 1.82) is 0 Å². The number of benzene rings is 1. The van der Waals surface area contributed by atoms with Crippen molar-refractivity contribution in [2.45, 2.75) is 48.8 Å². The normalized spacial score (nSPS) is 27.3. The van der Waals surface area contributed by atoms with Gasteiger partial charge < -0.3 is 10.1 Å². The molecule has 1 aromatic carbocycles. The lowest BCUT2D eigenvalue weighted by atomic mass is 10.00. The lowest BCUT2D eigenvalue weighted by molar-refractivity contribution is 0.303. The van der Waals surface area contributed by atoms with Gasteiger partial charge in [0.1, 0.15) is 5.75 Å². The van der Waals surface area contributed by atoms with Gasteiger partial charge in [-0.05, 0) is 44.0 Å². The van der Waals surface area contributed by atoms with Gasteiger partial charge in [-0.15, -0.1) is 0 Å². The zero-order valence-electron chi connectivity index (χ0n) is 12.9. The fourth-order valence-electron chi connectivity index (χ4n) is 2.90. The molecular weight excluding hydrogens is 298 g/mol. The molecule has 0 amide bonds. The minimum Gasteiger partial charge on any atom is -0.490 e. The van der Waals surface area contributed by atoms with Gasteiger partial charge in [-0.1, -0.05) is 19.1 Å². The molecule has 3 unspecified atom stereocenters. The van der Waals surface area contributed by atoms with E-state index in [-0.39, 0.29) is 0 Å². The molecule has 3 rings (SSSR count). The van der Waals surface area contributed by atoms with Crippen LogP contribution >= 0.6 is 23.5 Å². The molecule has 2 aliphatic rings. The molecule has 1 aromatic rings. The van der Waals surface area contributed by atoms with Crippen LogP contribution in [0.5, 0.6) is 5.75 Å². The van der Waals surface area contributed by atoms with E-state index in [9.17, 15) is 0 Å². The maximum atomic E-state index is 5.85. The fourth-order valence-corrected chi connectivity index (χ4v) is 6.19. The maximum Gasteiger partial charge on any atom is 0.119 e. The largest absolute Gasteiger partial charge is 0.490 e. The monoisotopic (exact) mass is 323 g/mol. The molecule has 21 heavy (non-hydrogen) atoms. The molecule has 0 bridgehead atoms. The molecule has 1 aliphatic carbocycles. The Kier molecular flexibility index (Phi) is 5.41.